The van der Waals surface area contributed by atoms with E-state index in [0.29, 0.717) is 30.3 Å². The van der Waals surface area contributed by atoms with Crippen LogP contribution >= 0.6 is 0 Å². The highest BCUT2D eigenvalue weighted by Gasteiger charge is 2.07. The predicted molar refractivity (Wildman–Crippen MR) is 71.3 cm³/mol. The smallest absolute Gasteiger partial charge is 0.127 e. The van der Waals surface area contributed by atoms with E-state index in [4.69, 9.17) is 20.6 Å². The number of hydrogen-bond acceptors (Lipinski definition) is 4. The molecule has 1 aromatic rings. The van der Waals surface area contributed by atoms with Gasteiger partial charge in [0.25, 0.3) is 0 Å². The molecule has 0 aliphatic rings. The molecule has 0 bridgehead atoms. The van der Waals surface area contributed by atoms with E-state index in [-0.39, 0.29) is 6.10 Å². The topological polar surface area (TPSA) is 39.7 Å². The van der Waals surface area contributed by atoms with E-state index in [1.165, 1.54) is 0 Å². The largest absolute Gasteiger partial charge is 0.496 e. The van der Waals surface area contributed by atoms with E-state index in [1.54, 1.807) is 20.3 Å². The normalized spacial score (nSPS) is 11.4. The molecule has 0 saturated heterocycles. The molecule has 0 radical (unpaired) electrons. The molecule has 1 atom stereocenters. The molecule has 0 amide bonds. The maximum absolute atomic E-state index is 5.75. The molecule has 0 aliphatic carbocycles. The molecule has 18 heavy (non-hydrogen) atoms. The summed E-state index contributed by atoms with van der Waals surface area (Å²) in [5, 5.41) is 3.09. The number of benzene rings is 1. The zero-order valence-electron chi connectivity index (χ0n) is 11.0. The number of hydrogen-bond donors (Lipinski definition) is 1. The molecule has 0 heterocycles. The van der Waals surface area contributed by atoms with Crippen molar-refractivity contribution in [2.45, 2.75) is 13.0 Å². The van der Waals surface area contributed by atoms with Crippen molar-refractivity contribution in [1.29, 1.82) is 0 Å². The van der Waals surface area contributed by atoms with Crippen LogP contribution in [0.4, 0.5) is 0 Å². The van der Waals surface area contributed by atoms with Crippen LogP contribution in [0.3, 0.4) is 0 Å². The highest BCUT2D eigenvalue weighted by atomic mass is 16.5. The number of rotatable bonds is 7. The fourth-order valence-corrected chi connectivity index (χ4v) is 1.47. The molecule has 1 rings (SSSR count). The number of ether oxygens (including phenoxy) is 3. The van der Waals surface area contributed by atoms with Crippen molar-refractivity contribution in [1.82, 2.24) is 5.32 Å². The van der Waals surface area contributed by atoms with Gasteiger partial charge in [0.2, 0.25) is 0 Å². The molecule has 1 unspecified atom stereocenters. The summed E-state index contributed by atoms with van der Waals surface area (Å²) in [4.78, 5) is 0. The van der Waals surface area contributed by atoms with Gasteiger partial charge in [0.15, 0.2) is 0 Å². The number of nitrogens with one attached hydrogen (secondary N) is 1. The molecule has 0 spiro atoms. The quantitative estimate of drug-likeness (QED) is 0.589. The first-order valence-electron chi connectivity index (χ1n) is 5.73. The summed E-state index contributed by atoms with van der Waals surface area (Å²) < 4.78 is 16.1. The van der Waals surface area contributed by atoms with Gasteiger partial charge in [0, 0.05) is 24.7 Å². The summed E-state index contributed by atoms with van der Waals surface area (Å²) in [5.74, 6) is 4.63. The summed E-state index contributed by atoms with van der Waals surface area (Å²) in [5.41, 5.74) is 0. The lowest BCUT2D eigenvalue weighted by Crippen LogP contribution is -2.29. The minimum Gasteiger partial charge on any atom is -0.496 e. The molecule has 0 fully saturated rings. The van der Waals surface area contributed by atoms with Crippen LogP contribution < -0.4 is 19.5 Å². The molecule has 0 saturated carbocycles. The predicted octanol–water partition coefficient (Wildman–Crippen LogP) is 1.69. The van der Waals surface area contributed by atoms with Crippen molar-refractivity contribution in [3.8, 4) is 29.6 Å². The van der Waals surface area contributed by atoms with Gasteiger partial charge in [-0.3, -0.25) is 0 Å². The van der Waals surface area contributed by atoms with E-state index in [1.807, 2.05) is 19.1 Å². The molecular formula is C14H19NO3. The van der Waals surface area contributed by atoms with E-state index in [0.717, 1.165) is 0 Å². The van der Waals surface area contributed by atoms with Gasteiger partial charge in [-0.1, -0.05) is 5.92 Å². The molecule has 0 aromatic heterocycles. The minimum absolute atomic E-state index is 0.00941. The Hall–Kier alpha value is -1.86. The standard InChI is InChI=1S/C14H19NO3/c1-5-6-15-10-11(2)18-14-8-12(16-3)7-13(9-14)17-4/h1,7-9,11,15H,6,10H2,2-4H3. The maximum Gasteiger partial charge on any atom is 0.127 e. The van der Waals surface area contributed by atoms with Crippen molar-refractivity contribution in [3.63, 3.8) is 0 Å². The van der Waals surface area contributed by atoms with Crippen LogP contribution in [0.5, 0.6) is 17.2 Å². The summed E-state index contributed by atoms with van der Waals surface area (Å²) in [6, 6.07) is 5.44. The second-order valence-electron chi connectivity index (χ2n) is 3.81. The average molecular weight is 249 g/mol. The van der Waals surface area contributed by atoms with Gasteiger partial charge in [-0.05, 0) is 6.92 Å². The van der Waals surface area contributed by atoms with E-state index in [2.05, 4.69) is 11.2 Å². The van der Waals surface area contributed by atoms with Crippen molar-refractivity contribution >= 4 is 0 Å². The van der Waals surface area contributed by atoms with Gasteiger partial charge < -0.3 is 19.5 Å². The van der Waals surface area contributed by atoms with E-state index < -0.39 is 0 Å². The Labute approximate surface area is 108 Å². The Morgan fingerprint density at radius 1 is 1.17 bits per heavy atom. The SMILES string of the molecule is C#CCNCC(C)Oc1cc(OC)cc(OC)c1. The Bertz CT molecular complexity index is 390. The lowest BCUT2D eigenvalue weighted by atomic mass is 10.3. The Morgan fingerprint density at radius 3 is 2.22 bits per heavy atom. The first-order chi connectivity index (χ1) is 8.69. The van der Waals surface area contributed by atoms with Crippen LogP contribution in [-0.2, 0) is 0 Å². The molecular weight excluding hydrogens is 230 g/mol. The van der Waals surface area contributed by atoms with Crippen LogP contribution in [0, 0.1) is 12.3 Å². The van der Waals surface area contributed by atoms with Gasteiger partial charge in [0.05, 0.1) is 20.8 Å². The monoisotopic (exact) mass is 249 g/mol. The molecule has 4 nitrogen and oxygen atoms in total. The van der Waals surface area contributed by atoms with Crippen molar-refractivity contribution < 1.29 is 14.2 Å². The first kappa shape index (κ1) is 14.2. The lowest BCUT2D eigenvalue weighted by Gasteiger charge is -2.16. The van der Waals surface area contributed by atoms with Gasteiger partial charge in [-0.2, -0.15) is 0 Å². The summed E-state index contributed by atoms with van der Waals surface area (Å²) in [6.45, 7) is 3.19. The average Bonchev–Trinajstić information content (AvgIpc) is 2.38. The second-order valence-corrected chi connectivity index (χ2v) is 3.81. The van der Waals surface area contributed by atoms with Crippen molar-refractivity contribution in [2.24, 2.45) is 0 Å². The van der Waals surface area contributed by atoms with Gasteiger partial charge in [-0.15, -0.1) is 6.42 Å². The number of terminal acetylenes is 1. The molecule has 0 aliphatic heterocycles. The van der Waals surface area contributed by atoms with Crippen LogP contribution in [-0.4, -0.2) is 33.4 Å². The lowest BCUT2D eigenvalue weighted by molar-refractivity contribution is 0.217. The van der Waals surface area contributed by atoms with Crippen LogP contribution in [0.25, 0.3) is 0 Å². The fraction of sp³-hybridized carbons (Fsp3) is 0.429. The van der Waals surface area contributed by atoms with Crippen LogP contribution in [0.1, 0.15) is 6.92 Å². The minimum atomic E-state index is 0.00941. The Kier molecular flexibility index (Phi) is 5.89. The van der Waals surface area contributed by atoms with Crippen molar-refractivity contribution in [3.05, 3.63) is 18.2 Å². The third-order valence-electron chi connectivity index (χ3n) is 2.32. The summed E-state index contributed by atoms with van der Waals surface area (Å²) in [6.07, 6.45) is 5.17. The fourth-order valence-electron chi connectivity index (χ4n) is 1.47. The molecule has 98 valence electrons. The van der Waals surface area contributed by atoms with Gasteiger partial charge >= 0.3 is 0 Å². The van der Waals surface area contributed by atoms with Gasteiger partial charge in [-0.25, -0.2) is 0 Å². The Balaban J connectivity index is 2.62. The van der Waals surface area contributed by atoms with Crippen molar-refractivity contribution in [2.75, 3.05) is 27.3 Å². The third kappa shape index (κ3) is 4.56. The highest BCUT2D eigenvalue weighted by molar-refractivity contribution is 5.42. The molecule has 4 heteroatoms. The Morgan fingerprint density at radius 2 is 1.72 bits per heavy atom. The molecule has 1 N–H and O–H groups in total. The van der Waals surface area contributed by atoms with E-state index >= 15 is 0 Å². The number of methoxy groups -OCH3 is 2. The maximum atomic E-state index is 5.75. The van der Waals surface area contributed by atoms with E-state index in [9.17, 15) is 0 Å². The van der Waals surface area contributed by atoms with Gasteiger partial charge in [0.1, 0.15) is 23.4 Å². The zero-order chi connectivity index (χ0) is 13.4. The zero-order valence-corrected chi connectivity index (χ0v) is 11.0. The highest BCUT2D eigenvalue weighted by Crippen LogP contribution is 2.27. The summed E-state index contributed by atoms with van der Waals surface area (Å²) in [7, 11) is 3.22. The van der Waals surface area contributed by atoms with Crippen LogP contribution in [0.15, 0.2) is 18.2 Å². The first-order valence-corrected chi connectivity index (χ1v) is 5.73. The second kappa shape index (κ2) is 7.46. The molecule has 1 aromatic carbocycles. The van der Waals surface area contributed by atoms with Crippen LogP contribution in [0.2, 0.25) is 0 Å². The third-order valence-corrected chi connectivity index (χ3v) is 2.32. The summed E-state index contributed by atoms with van der Waals surface area (Å²) >= 11 is 0.